The van der Waals surface area contributed by atoms with Crippen molar-refractivity contribution in [1.29, 1.82) is 0 Å². The zero-order chi connectivity index (χ0) is 21.3. The van der Waals surface area contributed by atoms with E-state index in [-0.39, 0.29) is 6.54 Å². The van der Waals surface area contributed by atoms with Crippen LogP contribution in [0, 0.1) is 6.92 Å². The van der Waals surface area contributed by atoms with Crippen molar-refractivity contribution in [3.8, 4) is 0 Å². The lowest BCUT2D eigenvalue weighted by Crippen LogP contribution is -2.39. The average molecular weight is 403 g/mol. The fourth-order valence-corrected chi connectivity index (χ4v) is 3.18. The Morgan fingerprint density at radius 1 is 1.10 bits per heavy atom. The van der Waals surface area contributed by atoms with Gasteiger partial charge in [0.05, 0.1) is 12.8 Å². The Morgan fingerprint density at radius 2 is 1.87 bits per heavy atom. The Morgan fingerprint density at radius 3 is 2.57 bits per heavy atom. The smallest absolute Gasteiger partial charge is 0.306 e. The number of pyridine rings is 1. The summed E-state index contributed by atoms with van der Waals surface area (Å²) in [5, 5.41) is 4.15. The third-order valence-electron chi connectivity index (χ3n) is 4.88. The highest BCUT2D eigenvalue weighted by Crippen LogP contribution is 2.13. The first kappa shape index (κ1) is 19.3. The fraction of sp³-hybridized carbons (Fsp3) is 0.190. The molecule has 1 N–H and O–H groups in total. The molecule has 0 aliphatic heterocycles. The number of hydrogen-bond acceptors (Lipinski definition) is 6. The van der Waals surface area contributed by atoms with Gasteiger partial charge in [0, 0.05) is 32.1 Å². The third kappa shape index (κ3) is 3.52. The topological polar surface area (TPSA) is 99.1 Å². The number of hydrazone groups is 1. The molecule has 0 spiro atoms. The van der Waals surface area contributed by atoms with Gasteiger partial charge < -0.3 is 4.57 Å². The number of benzene rings is 1. The summed E-state index contributed by atoms with van der Waals surface area (Å²) in [5.41, 5.74) is 5.44. The number of imidazole rings is 1. The van der Waals surface area contributed by atoms with Crippen molar-refractivity contribution in [2.45, 2.75) is 13.5 Å². The van der Waals surface area contributed by atoms with Crippen LogP contribution < -0.4 is 16.7 Å². The molecule has 0 saturated carbocycles. The third-order valence-corrected chi connectivity index (χ3v) is 4.88. The summed E-state index contributed by atoms with van der Waals surface area (Å²) in [4.78, 5) is 34.3. The predicted molar refractivity (Wildman–Crippen MR) is 116 cm³/mol. The Kier molecular flexibility index (Phi) is 5.01. The standard InChI is InChI=1S/C21H21N7O2/c1-14-6-8-15(9-7-14)13-28-19(29)17-18(27(3)21(28)30)24-20(26(17)2)25-23-12-16-5-4-10-22-11-16/h4-12H,13H2,1-3H3,(H,24,25)/b23-12-. The second kappa shape index (κ2) is 7.78. The highest BCUT2D eigenvalue weighted by atomic mass is 16.2. The van der Waals surface area contributed by atoms with E-state index >= 15 is 0 Å². The van der Waals surface area contributed by atoms with Crippen molar-refractivity contribution in [2.75, 3.05) is 5.43 Å². The summed E-state index contributed by atoms with van der Waals surface area (Å²) < 4.78 is 4.20. The SMILES string of the molecule is Cc1ccc(Cn2c(=O)c3c(nc(N/N=C\c4cccnc4)n3C)n(C)c2=O)cc1. The van der Waals surface area contributed by atoms with Crippen molar-refractivity contribution in [1.82, 2.24) is 23.7 Å². The Bertz CT molecular complexity index is 1350. The molecule has 0 radical (unpaired) electrons. The lowest BCUT2D eigenvalue weighted by molar-refractivity contribution is 0.655. The van der Waals surface area contributed by atoms with Gasteiger partial charge in [-0.05, 0) is 18.6 Å². The molecular formula is C21H21N7O2. The number of rotatable bonds is 5. The van der Waals surface area contributed by atoms with Crippen LogP contribution in [0.25, 0.3) is 11.2 Å². The van der Waals surface area contributed by atoms with Crippen LogP contribution in [0.15, 0.2) is 63.5 Å². The molecule has 1 aromatic carbocycles. The molecule has 0 fully saturated rings. The van der Waals surface area contributed by atoms with Crippen molar-refractivity contribution in [2.24, 2.45) is 19.2 Å². The molecule has 4 aromatic rings. The summed E-state index contributed by atoms with van der Waals surface area (Å²) in [6, 6.07) is 11.4. The molecule has 0 bridgehead atoms. The van der Waals surface area contributed by atoms with Crippen molar-refractivity contribution in [3.63, 3.8) is 0 Å². The number of aryl methyl sites for hydroxylation is 3. The van der Waals surface area contributed by atoms with Crippen molar-refractivity contribution in [3.05, 3.63) is 86.3 Å². The largest absolute Gasteiger partial charge is 0.332 e. The van der Waals surface area contributed by atoms with Gasteiger partial charge in [-0.25, -0.2) is 10.2 Å². The van der Waals surface area contributed by atoms with E-state index in [0.717, 1.165) is 16.7 Å². The monoisotopic (exact) mass is 403 g/mol. The molecule has 0 atom stereocenters. The van der Waals surface area contributed by atoms with Crippen LogP contribution in [0.1, 0.15) is 16.7 Å². The second-order valence-corrected chi connectivity index (χ2v) is 7.04. The molecular weight excluding hydrogens is 382 g/mol. The van der Waals surface area contributed by atoms with E-state index in [1.165, 1.54) is 9.13 Å². The number of nitrogens with zero attached hydrogens (tertiary/aromatic N) is 6. The molecule has 30 heavy (non-hydrogen) atoms. The van der Waals surface area contributed by atoms with E-state index < -0.39 is 11.2 Å². The van der Waals surface area contributed by atoms with Crippen LogP contribution in [0.3, 0.4) is 0 Å². The molecule has 152 valence electrons. The molecule has 9 nitrogen and oxygen atoms in total. The summed E-state index contributed by atoms with van der Waals surface area (Å²) in [6.45, 7) is 2.18. The minimum Gasteiger partial charge on any atom is -0.306 e. The Hall–Kier alpha value is -4.01. The minimum absolute atomic E-state index is 0.189. The van der Waals surface area contributed by atoms with Gasteiger partial charge in [-0.15, -0.1) is 0 Å². The zero-order valence-corrected chi connectivity index (χ0v) is 16.9. The molecule has 0 aliphatic carbocycles. The molecule has 0 amide bonds. The van der Waals surface area contributed by atoms with Gasteiger partial charge in [0.15, 0.2) is 11.2 Å². The molecule has 9 heteroatoms. The normalized spacial score (nSPS) is 11.4. The summed E-state index contributed by atoms with van der Waals surface area (Å²) in [6.07, 6.45) is 4.95. The minimum atomic E-state index is -0.420. The van der Waals surface area contributed by atoms with Crippen LogP contribution in [0.5, 0.6) is 0 Å². The maximum atomic E-state index is 13.1. The first-order valence-electron chi connectivity index (χ1n) is 9.36. The number of hydrogen-bond donors (Lipinski definition) is 1. The molecule has 0 unspecified atom stereocenters. The predicted octanol–water partition coefficient (Wildman–Crippen LogP) is 1.63. The Balaban J connectivity index is 1.73. The van der Waals surface area contributed by atoms with Crippen LogP contribution >= 0.6 is 0 Å². The summed E-state index contributed by atoms with van der Waals surface area (Å²) in [5.74, 6) is 0.352. The van der Waals surface area contributed by atoms with E-state index in [0.29, 0.717) is 17.1 Å². The first-order chi connectivity index (χ1) is 14.5. The summed E-state index contributed by atoms with van der Waals surface area (Å²) >= 11 is 0. The maximum Gasteiger partial charge on any atom is 0.332 e. The fourth-order valence-electron chi connectivity index (χ4n) is 3.18. The molecule has 0 saturated heterocycles. The van der Waals surface area contributed by atoms with E-state index in [4.69, 9.17) is 0 Å². The quantitative estimate of drug-likeness (QED) is 0.403. The van der Waals surface area contributed by atoms with E-state index in [1.807, 2.05) is 43.3 Å². The number of aromatic nitrogens is 5. The van der Waals surface area contributed by atoms with Crippen LogP contribution in [-0.4, -0.2) is 29.9 Å². The molecule has 3 heterocycles. The first-order valence-corrected chi connectivity index (χ1v) is 9.36. The lowest BCUT2D eigenvalue weighted by atomic mass is 10.1. The molecule has 4 rings (SSSR count). The second-order valence-electron chi connectivity index (χ2n) is 7.04. The summed E-state index contributed by atoms with van der Waals surface area (Å²) in [7, 11) is 3.31. The van der Waals surface area contributed by atoms with E-state index in [9.17, 15) is 9.59 Å². The van der Waals surface area contributed by atoms with Gasteiger partial charge in [0.25, 0.3) is 5.56 Å². The van der Waals surface area contributed by atoms with E-state index in [2.05, 4.69) is 20.5 Å². The van der Waals surface area contributed by atoms with Gasteiger partial charge >= 0.3 is 5.69 Å². The van der Waals surface area contributed by atoms with Crippen molar-refractivity contribution < 1.29 is 0 Å². The number of fused-ring (bicyclic) bond motifs is 1. The van der Waals surface area contributed by atoms with Gasteiger partial charge in [-0.3, -0.25) is 18.9 Å². The average Bonchev–Trinajstić information content (AvgIpc) is 3.08. The van der Waals surface area contributed by atoms with Crippen LogP contribution in [-0.2, 0) is 20.6 Å². The number of nitrogens with one attached hydrogen (secondary N) is 1. The van der Waals surface area contributed by atoms with Gasteiger partial charge in [0.2, 0.25) is 5.95 Å². The van der Waals surface area contributed by atoms with Crippen molar-refractivity contribution >= 4 is 23.3 Å². The van der Waals surface area contributed by atoms with Crippen LogP contribution in [0.4, 0.5) is 5.95 Å². The molecule has 0 aliphatic rings. The maximum absolute atomic E-state index is 13.1. The number of anilines is 1. The molecule has 3 aromatic heterocycles. The van der Waals surface area contributed by atoms with Gasteiger partial charge in [-0.2, -0.15) is 10.1 Å². The van der Waals surface area contributed by atoms with E-state index in [1.54, 1.807) is 37.3 Å². The van der Waals surface area contributed by atoms with Crippen LogP contribution in [0.2, 0.25) is 0 Å². The lowest BCUT2D eigenvalue weighted by Gasteiger charge is -2.09. The van der Waals surface area contributed by atoms with Gasteiger partial charge in [-0.1, -0.05) is 35.9 Å². The zero-order valence-electron chi connectivity index (χ0n) is 16.9. The highest BCUT2D eigenvalue weighted by molar-refractivity contribution is 5.80. The highest BCUT2D eigenvalue weighted by Gasteiger charge is 2.18. The van der Waals surface area contributed by atoms with Gasteiger partial charge in [0.1, 0.15) is 0 Å². The Labute approximate surface area is 172 Å².